The highest BCUT2D eigenvalue weighted by atomic mass is 35.5. The summed E-state index contributed by atoms with van der Waals surface area (Å²) in [7, 11) is 0. The Balaban J connectivity index is 2.25. The second-order valence-electron chi connectivity index (χ2n) is 2.75. The molecule has 0 radical (unpaired) electrons. The van der Waals surface area contributed by atoms with Crippen LogP contribution in [0.25, 0.3) is 0 Å². The molecule has 0 amide bonds. The number of hydrogen-bond acceptors (Lipinski definition) is 4. The second kappa shape index (κ2) is 4.64. The number of nitrogens with one attached hydrogen (secondary N) is 1. The van der Waals surface area contributed by atoms with E-state index in [1.54, 1.807) is 6.92 Å². The van der Waals surface area contributed by atoms with Crippen molar-refractivity contribution in [2.45, 2.75) is 25.5 Å². The van der Waals surface area contributed by atoms with Crippen LogP contribution in [0.5, 0.6) is 0 Å². The van der Waals surface area contributed by atoms with Gasteiger partial charge in [0.2, 0.25) is 0 Å². The summed E-state index contributed by atoms with van der Waals surface area (Å²) in [6, 6.07) is -0.465. The third-order valence-electron chi connectivity index (χ3n) is 1.69. The highest BCUT2D eigenvalue weighted by molar-refractivity contribution is 6.14. The van der Waals surface area contributed by atoms with Crippen molar-refractivity contribution >= 4 is 17.7 Å². The molecular formula is C7H12ClNO3. The molecule has 1 saturated heterocycles. The molecule has 0 bridgehead atoms. The van der Waals surface area contributed by atoms with Crippen LogP contribution in [0.2, 0.25) is 0 Å². The molecule has 0 aromatic carbocycles. The van der Waals surface area contributed by atoms with Gasteiger partial charge in [-0.05, 0) is 18.7 Å². The van der Waals surface area contributed by atoms with Gasteiger partial charge in [-0.2, -0.15) is 0 Å². The monoisotopic (exact) mass is 193 g/mol. The van der Waals surface area contributed by atoms with Crippen LogP contribution in [-0.2, 0) is 14.3 Å². The molecule has 0 aromatic rings. The maximum atomic E-state index is 11.1. The molecule has 70 valence electrons. The Bertz CT molecular complexity index is 159. The van der Waals surface area contributed by atoms with Gasteiger partial charge in [0.05, 0.1) is 13.2 Å². The Hall–Kier alpha value is -0.320. The van der Waals surface area contributed by atoms with E-state index in [4.69, 9.17) is 21.3 Å². The lowest BCUT2D eigenvalue weighted by molar-refractivity contribution is -0.150. The Kier molecular flexibility index (Phi) is 3.78. The average molecular weight is 194 g/mol. The Morgan fingerprint density at radius 2 is 2.58 bits per heavy atom. The van der Waals surface area contributed by atoms with Crippen LogP contribution in [0.3, 0.4) is 0 Å². The van der Waals surface area contributed by atoms with Crippen molar-refractivity contribution in [1.29, 1.82) is 0 Å². The molecule has 0 saturated carbocycles. The van der Waals surface area contributed by atoms with Gasteiger partial charge in [-0.25, -0.2) is 4.84 Å². The van der Waals surface area contributed by atoms with Gasteiger partial charge in [0.25, 0.3) is 0 Å². The first-order chi connectivity index (χ1) is 5.74. The predicted octanol–water partition coefficient (Wildman–Crippen LogP) is 0.450. The standard InChI is InChI=1S/C7H12ClNO3/c1-5(9-8)7(10)12-6-2-3-11-4-6/h5-6,9H,2-4H2,1H3/t5-,6-/m0/s1. The van der Waals surface area contributed by atoms with Crippen LogP contribution in [0.15, 0.2) is 0 Å². The molecule has 0 spiro atoms. The first-order valence-electron chi connectivity index (χ1n) is 3.88. The van der Waals surface area contributed by atoms with E-state index in [1.165, 1.54) is 0 Å². The van der Waals surface area contributed by atoms with E-state index in [0.717, 1.165) is 6.42 Å². The first-order valence-corrected chi connectivity index (χ1v) is 4.26. The highest BCUT2D eigenvalue weighted by Crippen LogP contribution is 2.08. The SMILES string of the molecule is C[C@H](NCl)C(=O)O[C@H]1CCOC1. The van der Waals surface area contributed by atoms with E-state index >= 15 is 0 Å². The quantitative estimate of drug-likeness (QED) is 0.522. The molecule has 0 aliphatic carbocycles. The van der Waals surface area contributed by atoms with Crippen molar-refractivity contribution in [2.75, 3.05) is 13.2 Å². The van der Waals surface area contributed by atoms with Crippen molar-refractivity contribution in [2.24, 2.45) is 0 Å². The number of halogens is 1. The molecule has 1 aliphatic rings. The normalized spacial score (nSPS) is 25.3. The molecule has 4 nitrogen and oxygen atoms in total. The van der Waals surface area contributed by atoms with E-state index in [1.807, 2.05) is 0 Å². The fraction of sp³-hybridized carbons (Fsp3) is 0.857. The van der Waals surface area contributed by atoms with E-state index in [-0.39, 0.29) is 12.1 Å². The lowest BCUT2D eigenvalue weighted by Gasteiger charge is -2.12. The van der Waals surface area contributed by atoms with E-state index in [2.05, 4.69) is 4.84 Å². The Morgan fingerprint density at radius 1 is 1.83 bits per heavy atom. The van der Waals surface area contributed by atoms with Gasteiger partial charge in [0.1, 0.15) is 12.1 Å². The molecule has 1 rings (SSSR count). The van der Waals surface area contributed by atoms with Gasteiger partial charge in [-0.15, -0.1) is 0 Å². The molecule has 12 heavy (non-hydrogen) atoms. The second-order valence-corrected chi connectivity index (χ2v) is 2.97. The molecule has 2 atom stereocenters. The van der Waals surface area contributed by atoms with Crippen LogP contribution >= 0.6 is 11.8 Å². The maximum Gasteiger partial charge on any atom is 0.324 e. The predicted molar refractivity (Wildman–Crippen MR) is 43.8 cm³/mol. The summed E-state index contributed by atoms with van der Waals surface area (Å²) >= 11 is 5.25. The zero-order valence-electron chi connectivity index (χ0n) is 6.88. The summed E-state index contributed by atoms with van der Waals surface area (Å²) in [5.41, 5.74) is 0. The Labute approximate surface area is 76.3 Å². The molecule has 5 heteroatoms. The van der Waals surface area contributed by atoms with Gasteiger partial charge in [0.15, 0.2) is 0 Å². The molecule has 1 fully saturated rings. The highest BCUT2D eigenvalue weighted by Gasteiger charge is 2.22. The Morgan fingerprint density at radius 3 is 3.08 bits per heavy atom. The van der Waals surface area contributed by atoms with Crippen molar-refractivity contribution in [3.8, 4) is 0 Å². The number of esters is 1. The van der Waals surface area contributed by atoms with Crippen LogP contribution in [-0.4, -0.2) is 31.3 Å². The number of hydrogen-bond donors (Lipinski definition) is 1. The summed E-state index contributed by atoms with van der Waals surface area (Å²) in [5, 5.41) is 0. The van der Waals surface area contributed by atoms with Crippen LogP contribution < -0.4 is 4.84 Å². The minimum atomic E-state index is -0.465. The smallest absolute Gasteiger partial charge is 0.324 e. The van der Waals surface area contributed by atoms with Crippen LogP contribution in [0.1, 0.15) is 13.3 Å². The van der Waals surface area contributed by atoms with Gasteiger partial charge in [-0.3, -0.25) is 4.79 Å². The van der Waals surface area contributed by atoms with Gasteiger partial charge < -0.3 is 9.47 Å². The summed E-state index contributed by atoms with van der Waals surface area (Å²) in [6.45, 7) is 2.81. The lowest BCUT2D eigenvalue weighted by atomic mass is 10.3. The molecule has 1 N–H and O–H groups in total. The third-order valence-corrected chi connectivity index (χ3v) is 2.02. The molecule has 0 unspecified atom stereocenters. The maximum absolute atomic E-state index is 11.1. The zero-order chi connectivity index (χ0) is 8.97. The fourth-order valence-corrected chi connectivity index (χ4v) is 1.01. The average Bonchev–Trinajstić information content (AvgIpc) is 2.55. The first kappa shape index (κ1) is 9.77. The van der Waals surface area contributed by atoms with Crippen molar-refractivity contribution in [1.82, 2.24) is 4.84 Å². The molecule has 1 aliphatic heterocycles. The fourth-order valence-electron chi connectivity index (χ4n) is 0.917. The molecule has 0 aromatic heterocycles. The topological polar surface area (TPSA) is 47.6 Å². The van der Waals surface area contributed by atoms with Crippen LogP contribution in [0, 0.1) is 0 Å². The lowest BCUT2D eigenvalue weighted by Crippen LogP contribution is -2.32. The third kappa shape index (κ3) is 2.62. The van der Waals surface area contributed by atoms with Crippen molar-refractivity contribution in [3.05, 3.63) is 0 Å². The van der Waals surface area contributed by atoms with E-state index in [0.29, 0.717) is 13.2 Å². The van der Waals surface area contributed by atoms with Gasteiger partial charge in [-0.1, -0.05) is 0 Å². The number of ether oxygens (including phenoxy) is 2. The van der Waals surface area contributed by atoms with E-state index in [9.17, 15) is 4.79 Å². The summed E-state index contributed by atoms with van der Waals surface area (Å²) < 4.78 is 10.1. The number of carbonyl (C=O) groups excluding carboxylic acids is 1. The van der Waals surface area contributed by atoms with Crippen molar-refractivity contribution < 1.29 is 14.3 Å². The number of rotatable bonds is 3. The van der Waals surface area contributed by atoms with Crippen LogP contribution in [0.4, 0.5) is 0 Å². The largest absolute Gasteiger partial charge is 0.459 e. The summed E-state index contributed by atoms with van der Waals surface area (Å²) in [5.74, 6) is -0.333. The van der Waals surface area contributed by atoms with E-state index < -0.39 is 6.04 Å². The minimum Gasteiger partial charge on any atom is -0.459 e. The molecule has 1 heterocycles. The zero-order valence-corrected chi connectivity index (χ0v) is 7.63. The summed E-state index contributed by atoms with van der Waals surface area (Å²) in [4.78, 5) is 13.4. The minimum absolute atomic E-state index is 0.0926. The summed E-state index contributed by atoms with van der Waals surface area (Å²) in [6.07, 6.45) is 0.686. The number of carbonyl (C=O) groups is 1. The van der Waals surface area contributed by atoms with Gasteiger partial charge in [0, 0.05) is 6.42 Å². The van der Waals surface area contributed by atoms with Gasteiger partial charge >= 0.3 is 5.97 Å². The molecular weight excluding hydrogens is 182 g/mol. The van der Waals surface area contributed by atoms with Crippen molar-refractivity contribution in [3.63, 3.8) is 0 Å².